The van der Waals surface area contributed by atoms with Crippen LogP contribution in [0, 0.1) is 0 Å². The minimum Gasteiger partial charge on any atom is -0.448 e. The molecule has 2 aromatic rings. The lowest BCUT2D eigenvalue weighted by atomic mass is 10.0. The average Bonchev–Trinajstić information content (AvgIpc) is 3.18. The van der Waals surface area contributed by atoms with Gasteiger partial charge in [-0.05, 0) is 38.5 Å². The number of fused-ring (bicyclic) bond motifs is 1. The van der Waals surface area contributed by atoms with E-state index in [-0.39, 0.29) is 11.8 Å². The number of ether oxygens (including phenoxy) is 1. The van der Waals surface area contributed by atoms with Gasteiger partial charge in [0.15, 0.2) is 16.7 Å². The summed E-state index contributed by atoms with van der Waals surface area (Å²) >= 11 is 1.59. The smallest absolute Gasteiger partial charge is 0.279 e. The van der Waals surface area contributed by atoms with E-state index < -0.39 is 0 Å². The fourth-order valence-corrected chi connectivity index (χ4v) is 4.31. The van der Waals surface area contributed by atoms with E-state index in [0.29, 0.717) is 16.7 Å². The molecule has 2 aliphatic rings. The zero-order valence-electron chi connectivity index (χ0n) is 13.5. The third-order valence-electron chi connectivity index (χ3n) is 4.64. The molecule has 1 saturated heterocycles. The fourth-order valence-electron chi connectivity index (χ4n) is 3.27. The fraction of sp³-hybridized carbons (Fsp3) is 0.588. The molecule has 3 heterocycles. The number of rotatable bonds is 3. The maximum absolute atomic E-state index is 12.4. The molecule has 0 bridgehead atoms. The predicted octanol–water partition coefficient (Wildman–Crippen LogP) is 3.55. The first-order valence-electron chi connectivity index (χ1n) is 8.62. The number of anilines is 1. The molecule has 0 unspecified atom stereocenters. The predicted molar refractivity (Wildman–Crippen MR) is 90.6 cm³/mol. The van der Waals surface area contributed by atoms with Crippen LogP contribution < -0.4 is 5.32 Å². The van der Waals surface area contributed by atoms with Crippen molar-refractivity contribution in [2.75, 3.05) is 18.5 Å². The summed E-state index contributed by atoms with van der Waals surface area (Å²) < 4.78 is 10.9. The van der Waals surface area contributed by atoms with E-state index in [4.69, 9.17) is 9.15 Å². The highest BCUT2D eigenvalue weighted by Crippen LogP contribution is 2.30. The summed E-state index contributed by atoms with van der Waals surface area (Å²) in [6.07, 6.45) is 8.96. The molecule has 0 spiro atoms. The summed E-state index contributed by atoms with van der Waals surface area (Å²) in [5.74, 6) is 0.635. The number of hydrogen-bond donors (Lipinski definition) is 1. The van der Waals surface area contributed by atoms with Gasteiger partial charge in [-0.2, -0.15) is 0 Å². The van der Waals surface area contributed by atoms with E-state index in [0.717, 1.165) is 44.6 Å². The Morgan fingerprint density at radius 3 is 2.88 bits per heavy atom. The Hall–Kier alpha value is -1.73. The van der Waals surface area contributed by atoms with Gasteiger partial charge >= 0.3 is 0 Å². The molecule has 6 nitrogen and oxygen atoms in total. The van der Waals surface area contributed by atoms with Crippen LogP contribution in [-0.4, -0.2) is 29.1 Å². The second-order valence-electron chi connectivity index (χ2n) is 6.36. The summed E-state index contributed by atoms with van der Waals surface area (Å²) in [5, 5.41) is 3.54. The van der Waals surface area contributed by atoms with Crippen molar-refractivity contribution in [3.05, 3.63) is 28.4 Å². The van der Waals surface area contributed by atoms with Crippen LogP contribution in [0.15, 0.2) is 10.7 Å². The summed E-state index contributed by atoms with van der Waals surface area (Å²) in [6, 6.07) is 0. The summed E-state index contributed by atoms with van der Waals surface area (Å²) in [4.78, 5) is 22.7. The molecule has 0 saturated carbocycles. The Bertz CT molecular complexity index is 695. The van der Waals surface area contributed by atoms with Gasteiger partial charge in [-0.1, -0.05) is 6.42 Å². The van der Waals surface area contributed by atoms with E-state index in [1.54, 1.807) is 11.3 Å². The zero-order chi connectivity index (χ0) is 16.4. The minimum absolute atomic E-state index is 0.247. The molecule has 1 N–H and O–H groups in total. The highest BCUT2D eigenvalue weighted by molar-refractivity contribution is 7.15. The van der Waals surface area contributed by atoms with Crippen molar-refractivity contribution in [2.45, 2.75) is 50.9 Å². The number of aryl methyl sites for hydroxylation is 2. The number of oxazole rings is 1. The SMILES string of the molecule is O=C(Nc1nc2c(s1)CCCCC2)c1coc(C2CCOCC2)n1. The number of aromatic nitrogens is 2. The van der Waals surface area contributed by atoms with Gasteiger partial charge < -0.3 is 9.15 Å². The van der Waals surface area contributed by atoms with Gasteiger partial charge in [-0.15, -0.1) is 11.3 Å². The monoisotopic (exact) mass is 347 g/mol. The maximum atomic E-state index is 12.4. The number of nitrogens with zero attached hydrogens (tertiary/aromatic N) is 2. The molecule has 0 aromatic carbocycles. The quantitative estimate of drug-likeness (QED) is 0.859. The molecule has 0 radical (unpaired) electrons. The van der Waals surface area contributed by atoms with Crippen LogP contribution in [0.4, 0.5) is 5.13 Å². The average molecular weight is 347 g/mol. The van der Waals surface area contributed by atoms with E-state index in [2.05, 4.69) is 15.3 Å². The second-order valence-corrected chi connectivity index (χ2v) is 7.44. The molecule has 0 atom stereocenters. The van der Waals surface area contributed by atoms with Crippen LogP contribution in [0.2, 0.25) is 0 Å². The van der Waals surface area contributed by atoms with Crippen LogP contribution in [0.1, 0.15) is 65.0 Å². The van der Waals surface area contributed by atoms with Crippen molar-refractivity contribution in [2.24, 2.45) is 0 Å². The van der Waals surface area contributed by atoms with E-state index in [1.165, 1.54) is 30.4 Å². The van der Waals surface area contributed by atoms with Crippen molar-refractivity contribution in [1.82, 2.24) is 9.97 Å². The molecule has 1 aliphatic heterocycles. The standard InChI is InChI=1S/C17H21N3O3S/c21-15(13-10-23-16(18-13)11-6-8-22-9-7-11)20-17-19-12-4-2-1-3-5-14(12)24-17/h10-11H,1-9H2,(H,19,20,21). The topological polar surface area (TPSA) is 77.2 Å². The number of hydrogen-bond acceptors (Lipinski definition) is 6. The van der Waals surface area contributed by atoms with Crippen molar-refractivity contribution >= 4 is 22.4 Å². The third kappa shape index (κ3) is 3.37. The highest BCUT2D eigenvalue weighted by atomic mass is 32.1. The van der Waals surface area contributed by atoms with Crippen molar-refractivity contribution in [1.29, 1.82) is 0 Å². The van der Waals surface area contributed by atoms with Crippen molar-refractivity contribution in [3.8, 4) is 0 Å². The molecular formula is C17H21N3O3S. The summed E-state index contributed by atoms with van der Waals surface area (Å²) in [5.41, 5.74) is 1.47. The van der Waals surface area contributed by atoms with Gasteiger partial charge in [0.05, 0.1) is 5.69 Å². The first-order valence-corrected chi connectivity index (χ1v) is 9.44. The summed E-state index contributed by atoms with van der Waals surface area (Å²) in [7, 11) is 0. The minimum atomic E-state index is -0.249. The lowest BCUT2D eigenvalue weighted by Gasteiger charge is -2.18. The summed E-state index contributed by atoms with van der Waals surface area (Å²) in [6.45, 7) is 1.44. The van der Waals surface area contributed by atoms with Crippen molar-refractivity contribution < 1.29 is 13.9 Å². The van der Waals surface area contributed by atoms with Crippen LogP contribution in [0.25, 0.3) is 0 Å². The first kappa shape index (κ1) is 15.8. The number of thiazole rings is 1. The molecule has 7 heteroatoms. The van der Waals surface area contributed by atoms with Gasteiger partial charge in [0.1, 0.15) is 6.26 Å². The van der Waals surface area contributed by atoms with Crippen LogP contribution >= 0.6 is 11.3 Å². The maximum Gasteiger partial charge on any atom is 0.279 e. The van der Waals surface area contributed by atoms with E-state index >= 15 is 0 Å². The number of carbonyl (C=O) groups is 1. The molecular weight excluding hydrogens is 326 g/mol. The molecule has 1 amide bonds. The van der Waals surface area contributed by atoms with Gasteiger partial charge in [-0.25, -0.2) is 9.97 Å². The lowest BCUT2D eigenvalue weighted by Crippen LogP contribution is -2.15. The van der Waals surface area contributed by atoms with Gasteiger partial charge in [-0.3, -0.25) is 10.1 Å². The lowest BCUT2D eigenvalue weighted by molar-refractivity contribution is 0.0794. The van der Waals surface area contributed by atoms with Gasteiger partial charge in [0, 0.05) is 24.0 Å². The van der Waals surface area contributed by atoms with Gasteiger partial charge in [0.2, 0.25) is 0 Å². The Kier molecular flexibility index (Phi) is 4.62. The van der Waals surface area contributed by atoms with Gasteiger partial charge in [0.25, 0.3) is 5.91 Å². The Morgan fingerprint density at radius 2 is 2.00 bits per heavy atom. The van der Waals surface area contributed by atoms with Crippen LogP contribution in [0.5, 0.6) is 0 Å². The molecule has 1 aliphatic carbocycles. The number of amides is 1. The van der Waals surface area contributed by atoms with E-state index in [9.17, 15) is 4.79 Å². The van der Waals surface area contributed by atoms with E-state index in [1.807, 2.05) is 0 Å². The highest BCUT2D eigenvalue weighted by Gasteiger charge is 2.23. The normalized spacial score (nSPS) is 18.8. The number of nitrogens with one attached hydrogen (secondary N) is 1. The van der Waals surface area contributed by atoms with Crippen molar-refractivity contribution in [3.63, 3.8) is 0 Å². The number of carbonyl (C=O) groups excluding carboxylic acids is 1. The zero-order valence-corrected chi connectivity index (χ0v) is 14.4. The molecule has 2 aromatic heterocycles. The Morgan fingerprint density at radius 1 is 1.17 bits per heavy atom. The largest absolute Gasteiger partial charge is 0.448 e. The second kappa shape index (κ2) is 7.03. The Labute approximate surface area is 144 Å². The van der Waals surface area contributed by atoms with Crippen LogP contribution in [0.3, 0.4) is 0 Å². The van der Waals surface area contributed by atoms with Crippen LogP contribution in [-0.2, 0) is 17.6 Å². The molecule has 4 rings (SSSR count). The third-order valence-corrected chi connectivity index (χ3v) is 5.71. The Balaban J connectivity index is 1.43. The first-order chi connectivity index (χ1) is 11.8. The molecule has 1 fully saturated rings. The molecule has 128 valence electrons. The molecule has 24 heavy (non-hydrogen) atoms.